The van der Waals surface area contributed by atoms with Crippen molar-refractivity contribution < 1.29 is 76.2 Å². The topological polar surface area (TPSA) is 307 Å². The molecule has 6 aromatic carbocycles. The number of carbonyl (C=O) groups excluding carboxylic acids is 4. The Balaban J connectivity index is 0.579. The summed E-state index contributed by atoms with van der Waals surface area (Å²) in [5, 5.41) is 21.0. The molecule has 35 heteroatoms. The van der Waals surface area contributed by atoms with Gasteiger partial charge in [-0.1, -0.05) is 53.2 Å². The van der Waals surface area contributed by atoms with Gasteiger partial charge in [-0.2, -0.15) is 13.2 Å². The van der Waals surface area contributed by atoms with Gasteiger partial charge in [-0.3, -0.25) is 38.8 Å². The molecule has 3 saturated heterocycles. The third-order valence-corrected chi connectivity index (χ3v) is 25.7. The molecular formula is C78H90ClF4N13O13S4. The number of hydrogen-bond acceptors (Lipinski definition) is 22. The number of aryl methyl sites for hydroxylation is 1. The van der Waals surface area contributed by atoms with Gasteiger partial charge in [0.15, 0.2) is 9.84 Å². The number of rotatable bonds is 36. The summed E-state index contributed by atoms with van der Waals surface area (Å²) in [6.07, 6.45) is 5.94. The van der Waals surface area contributed by atoms with Gasteiger partial charge in [0.05, 0.1) is 78.1 Å². The monoisotopic (exact) mass is 1660 g/mol. The van der Waals surface area contributed by atoms with Gasteiger partial charge in [-0.25, -0.2) is 29.6 Å². The van der Waals surface area contributed by atoms with Crippen molar-refractivity contribution >= 4 is 105 Å². The lowest BCUT2D eigenvalue weighted by Crippen LogP contribution is -2.54. The number of imide groups is 2. The lowest BCUT2D eigenvalue weighted by molar-refractivity contribution is -0.136. The molecular weight excluding hydrogens is 1570 g/mol. The highest BCUT2D eigenvalue weighted by Crippen LogP contribution is 2.46. The average Bonchev–Trinajstić information content (AvgIpc) is 1.57. The number of halogens is 5. The van der Waals surface area contributed by atoms with Gasteiger partial charge >= 0.3 is 5.51 Å². The second kappa shape index (κ2) is 36.7. The molecule has 2 atom stereocenters. The molecule has 604 valence electrons. The number of likely N-dealkylation sites (tertiary alicyclic amines) is 1. The van der Waals surface area contributed by atoms with Crippen molar-refractivity contribution in [2.24, 2.45) is 0 Å². The second-order valence-electron chi connectivity index (χ2n) is 28.3. The van der Waals surface area contributed by atoms with E-state index >= 15 is 4.39 Å². The van der Waals surface area contributed by atoms with Crippen LogP contribution < -0.4 is 35.8 Å². The van der Waals surface area contributed by atoms with Crippen LogP contribution in [0.25, 0.3) is 22.4 Å². The summed E-state index contributed by atoms with van der Waals surface area (Å²) < 4.78 is 165. The first kappa shape index (κ1) is 83.5. The van der Waals surface area contributed by atoms with Crippen molar-refractivity contribution in [3.05, 3.63) is 173 Å². The normalized spacial score (nSPS) is 16.5. The highest BCUT2D eigenvalue weighted by Gasteiger charge is 2.49. The number of fused-ring (bicyclic) bond motifs is 1. The molecule has 4 aliphatic heterocycles. The minimum absolute atomic E-state index is 0.0300. The third kappa shape index (κ3) is 20.4. The van der Waals surface area contributed by atoms with Crippen LogP contribution in [0.15, 0.2) is 159 Å². The molecule has 6 heterocycles. The fraction of sp³-hybridized carbons (Fsp3) is 0.410. The van der Waals surface area contributed by atoms with Crippen molar-refractivity contribution in [3.8, 4) is 22.4 Å². The first-order valence-electron chi connectivity index (χ1n) is 37.2. The van der Waals surface area contributed by atoms with Crippen LogP contribution in [0.3, 0.4) is 0 Å². The fourth-order valence-electron chi connectivity index (χ4n) is 14.6. The van der Waals surface area contributed by atoms with Gasteiger partial charge < -0.3 is 49.4 Å². The van der Waals surface area contributed by atoms with Crippen LogP contribution in [0.4, 0.5) is 46.0 Å². The Hall–Kier alpha value is -8.97. The SMILES string of the molecule is Cc1c(S(C)(=O)=O)c(-c2cc(F)cc(N3CCN(c4ccc(NS(=O)(=O)c5ccc(N[C@H](CCN6CCC(NCCCn7cc(COCCOCCOCCNc8cccc9c8C(=O)N(C8CCC(=O)NC8=O)C9=O)nn7)CC6)CSc6ccccc6)c(S(=O)(=O)C(F)(F)F)c5)cc4)CC3)c2)c(-c2ccc(Cl)cc2)n1C(C)C. The summed E-state index contributed by atoms with van der Waals surface area (Å²) in [5.74, 6) is -2.53. The number of benzene rings is 6. The summed E-state index contributed by atoms with van der Waals surface area (Å²) >= 11 is 7.72. The highest BCUT2D eigenvalue weighted by atomic mass is 35.5. The number of anilines is 5. The number of aromatic nitrogens is 4. The van der Waals surface area contributed by atoms with E-state index in [9.17, 15) is 57.6 Å². The van der Waals surface area contributed by atoms with E-state index in [1.54, 1.807) is 54.1 Å². The number of piperidine rings is 2. The van der Waals surface area contributed by atoms with E-state index in [4.69, 9.17) is 25.8 Å². The number of sulfone groups is 2. The summed E-state index contributed by atoms with van der Waals surface area (Å²) in [5.41, 5.74) is -0.805. The van der Waals surface area contributed by atoms with Crippen molar-refractivity contribution in [3.63, 3.8) is 0 Å². The van der Waals surface area contributed by atoms with Gasteiger partial charge in [0, 0.05) is 126 Å². The second-order valence-corrected chi connectivity index (χ2v) is 35.4. The van der Waals surface area contributed by atoms with Crippen LogP contribution in [0.2, 0.25) is 5.02 Å². The van der Waals surface area contributed by atoms with Crippen LogP contribution in [0, 0.1) is 12.7 Å². The molecule has 4 aliphatic rings. The molecule has 2 aromatic heterocycles. The molecule has 0 bridgehead atoms. The van der Waals surface area contributed by atoms with E-state index in [0.29, 0.717) is 146 Å². The van der Waals surface area contributed by atoms with Crippen LogP contribution in [0.5, 0.6) is 0 Å². The molecule has 0 aliphatic carbocycles. The fourth-order valence-corrected chi connectivity index (χ4v) is 19.0. The summed E-state index contributed by atoms with van der Waals surface area (Å²) in [4.78, 5) is 56.9. The molecule has 26 nitrogen and oxygen atoms in total. The van der Waals surface area contributed by atoms with E-state index in [-0.39, 0.29) is 59.8 Å². The number of piperazine rings is 1. The Morgan fingerprint density at radius 3 is 2.08 bits per heavy atom. The zero-order chi connectivity index (χ0) is 80.4. The minimum Gasteiger partial charge on any atom is -0.382 e. The molecule has 3 fully saturated rings. The largest absolute Gasteiger partial charge is 0.501 e. The molecule has 4 amide bonds. The number of nitrogens with zero attached hydrogens (tertiary/aromatic N) is 8. The number of sulfonamides is 1. The third-order valence-electron chi connectivity index (χ3n) is 20.1. The number of hydrogen-bond donors (Lipinski definition) is 5. The van der Waals surface area contributed by atoms with Crippen molar-refractivity contribution in [1.29, 1.82) is 0 Å². The van der Waals surface area contributed by atoms with Gasteiger partial charge in [0.2, 0.25) is 11.8 Å². The van der Waals surface area contributed by atoms with Crippen LogP contribution in [0.1, 0.15) is 90.5 Å². The first-order valence-corrected chi connectivity index (χ1v) is 43.4. The van der Waals surface area contributed by atoms with Crippen molar-refractivity contribution in [1.82, 2.24) is 40.0 Å². The smallest absolute Gasteiger partial charge is 0.382 e. The predicted molar refractivity (Wildman–Crippen MR) is 424 cm³/mol. The summed E-state index contributed by atoms with van der Waals surface area (Å²) in [7, 11) is -14.6. The number of carbonyl (C=O) groups is 4. The van der Waals surface area contributed by atoms with E-state index in [2.05, 4.69) is 41.2 Å². The first-order chi connectivity index (χ1) is 54.0. The van der Waals surface area contributed by atoms with Crippen molar-refractivity contribution in [2.75, 3.05) is 129 Å². The average molecular weight is 1660 g/mol. The Morgan fingerprint density at radius 1 is 0.708 bits per heavy atom. The zero-order valence-electron chi connectivity index (χ0n) is 62.8. The standard InChI is InChI=1S/C78H90ClF4N13O13S4/c1-51(2)95-52(3)74(111(4,101)102)71(73(95)53-14-16-55(79)17-15-53)54-44-56(80)46-62(45-54)93-37-35-92(36-38-93)61-20-18-58(19-21-61)89-113(105,106)64-22-23-66(69(47-64)112(103,104)78(81,82)83)86-59(50-110-63-10-6-5-7-11-63)28-34-91-32-26-57(27-33-91)84-29-9-31-94-48-60(88-90-94)49-109-43-42-108-41-40-107-39-30-85-67-13-8-12-65-72(67)77(100)96(76(65)99)68-24-25-70(97)87-75(68)98/h5-8,10-23,44-48,51,57,59,68,84-86,89H,9,24-43,49-50H2,1-4H3,(H,87,97,98)/t59-,68?/m1/s1. The van der Waals surface area contributed by atoms with Crippen molar-refractivity contribution in [2.45, 2.75) is 122 Å². The highest BCUT2D eigenvalue weighted by molar-refractivity contribution is 7.99. The van der Waals surface area contributed by atoms with Gasteiger partial charge in [-0.05, 0) is 181 Å². The number of thioether (sulfide) groups is 1. The molecule has 12 rings (SSSR count). The Morgan fingerprint density at radius 2 is 1.40 bits per heavy atom. The number of amides is 4. The molecule has 1 unspecified atom stereocenters. The maximum atomic E-state index is 15.9. The summed E-state index contributed by atoms with van der Waals surface area (Å²) in [6, 6.07) is 33.3. The molecule has 0 spiro atoms. The number of alkyl halides is 3. The number of nitrogens with one attached hydrogen (secondary N) is 5. The predicted octanol–water partition coefficient (Wildman–Crippen LogP) is 11.1. The van der Waals surface area contributed by atoms with E-state index in [1.165, 1.54) is 42.1 Å². The van der Waals surface area contributed by atoms with Crippen LogP contribution in [-0.4, -0.2) is 206 Å². The molecule has 5 N–H and O–H groups in total. The maximum absolute atomic E-state index is 15.9. The van der Waals surface area contributed by atoms with E-state index < -0.39 is 92.2 Å². The van der Waals surface area contributed by atoms with Crippen LogP contribution >= 0.6 is 23.4 Å². The molecule has 0 radical (unpaired) electrons. The van der Waals surface area contributed by atoms with Gasteiger partial charge in [0.1, 0.15) is 22.4 Å². The Labute approximate surface area is 663 Å². The maximum Gasteiger partial charge on any atom is 0.501 e. The lowest BCUT2D eigenvalue weighted by Gasteiger charge is -2.37. The van der Waals surface area contributed by atoms with Gasteiger partial charge in [0.25, 0.3) is 31.7 Å². The van der Waals surface area contributed by atoms with Crippen LogP contribution in [-0.2, 0) is 66.6 Å². The quantitative estimate of drug-likeness (QED) is 0.0105. The zero-order valence-corrected chi connectivity index (χ0v) is 66.8. The summed E-state index contributed by atoms with van der Waals surface area (Å²) in [6.45, 7) is 12.9. The number of ether oxygens (including phenoxy) is 3. The lowest BCUT2D eigenvalue weighted by atomic mass is 9.99. The molecule has 8 aromatic rings. The minimum atomic E-state index is -6.12. The molecule has 0 saturated carbocycles. The molecule has 113 heavy (non-hydrogen) atoms. The van der Waals surface area contributed by atoms with E-state index in [0.717, 1.165) is 67.1 Å². The van der Waals surface area contributed by atoms with Gasteiger partial charge in [-0.15, -0.1) is 16.9 Å². The Kier molecular flexibility index (Phi) is 27.1. The van der Waals surface area contributed by atoms with E-state index in [1.807, 2.05) is 76.9 Å². The Bertz CT molecular complexity index is 5090.